The zero-order valence-electron chi connectivity index (χ0n) is 46.7. The van der Waals surface area contributed by atoms with Crippen LogP contribution in [-0.4, -0.2) is 45.8 Å². The van der Waals surface area contributed by atoms with Crippen molar-refractivity contribution in [1.29, 1.82) is 5.26 Å². The highest BCUT2D eigenvalue weighted by molar-refractivity contribution is 6.85. The van der Waals surface area contributed by atoms with Crippen molar-refractivity contribution in [3.8, 4) is 40.1 Å². The number of ether oxygens (including phenoxy) is 2. The van der Waals surface area contributed by atoms with Crippen LogP contribution in [0.3, 0.4) is 0 Å². The largest absolute Gasteiger partial charge is 0.493 e. The van der Waals surface area contributed by atoms with Gasteiger partial charge < -0.3 is 27.3 Å². The van der Waals surface area contributed by atoms with E-state index < -0.39 is 13.7 Å². The predicted molar refractivity (Wildman–Crippen MR) is 332 cm³/mol. The highest BCUT2D eigenvalue weighted by Gasteiger charge is 2.38. The first-order chi connectivity index (χ1) is 40.1. The molecule has 12 aromatic rings. The van der Waals surface area contributed by atoms with E-state index in [-0.39, 0.29) is 34.9 Å². The third kappa shape index (κ3) is 10.1. The summed E-state index contributed by atoms with van der Waals surface area (Å²) in [5.74, 6) is 2.10. The van der Waals surface area contributed by atoms with Gasteiger partial charge >= 0.3 is 13.7 Å². The molecule has 12 rings (SSSR count). The summed E-state index contributed by atoms with van der Waals surface area (Å²) in [5, 5.41) is 14.7. The average molecular weight is 1070 g/mol. The topological polar surface area (TPSA) is 109 Å². The molecule has 398 valence electrons. The van der Waals surface area contributed by atoms with Gasteiger partial charge in [0.15, 0.2) is 11.2 Å². The van der Waals surface area contributed by atoms with Crippen molar-refractivity contribution in [2.75, 3.05) is 13.2 Å². The summed E-state index contributed by atoms with van der Waals surface area (Å²) in [4.78, 5) is 14.9. The molecule has 0 atom stereocenters. The molecule has 0 saturated carbocycles. The first-order valence-corrected chi connectivity index (χ1v) is 27.8. The van der Waals surface area contributed by atoms with E-state index in [0.717, 1.165) is 44.1 Å². The molecule has 10 nitrogen and oxygen atoms in total. The second-order valence-corrected chi connectivity index (χ2v) is 21.7. The quantitative estimate of drug-likeness (QED) is 0.0700. The molecular weight excluding hydrogens is 1010 g/mol. The summed E-state index contributed by atoms with van der Waals surface area (Å²) in [6, 6.07) is 72.3. The second kappa shape index (κ2) is 22.6. The summed E-state index contributed by atoms with van der Waals surface area (Å²) >= 11 is 0. The smallest absolute Gasteiger partial charge is 0.328 e. The van der Waals surface area contributed by atoms with Crippen LogP contribution in [0.4, 0.5) is 0 Å². The maximum atomic E-state index is 12.3. The van der Waals surface area contributed by atoms with Gasteiger partial charge in [-0.15, -0.1) is 0 Å². The Morgan fingerprint density at radius 1 is 0.524 bits per heavy atom. The number of aryl methyl sites for hydroxylation is 2. The number of nitriles is 1. The number of rotatable bonds is 16. The highest BCUT2D eigenvalue weighted by atomic mass is 16.5. The maximum Gasteiger partial charge on any atom is 0.328 e. The summed E-state index contributed by atoms with van der Waals surface area (Å²) < 4.78 is 31.5. The van der Waals surface area contributed by atoms with Gasteiger partial charge in [-0.2, -0.15) is 5.26 Å². The van der Waals surface area contributed by atoms with Crippen LogP contribution in [0.15, 0.2) is 215 Å². The fraction of sp³-hybridized carbons (Fsp3) is 0.143. The molecule has 0 saturated heterocycles. The lowest BCUT2D eigenvalue weighted by molar-refractivity contribution is 0.271. The van der Waals surface area contributed by atoms with Gasteiger partial charge in [-0.1, -0.05) is 207 Å². The SMILES string of the molecule is [C-]#[N+]/C(c1nc2ccc(C)cc2o1)=c1\c2c(-c3cccc(OCC(C)C)c3)n(B(c3ccccc3)c3ccccc3)/c(=C(/C#N)c3nc4ccc(C)cc4o3)c2c(-c2cccc(OCC(C)C)c2)n1B(c1ccccc1)c1ccccc1. The third-order valence-electron chi connectivity index (χ3n) is 14.7. The number of aromatic nitrogens is 4. The molecule has 0 unspecified atom stereocenters. The Morgan fingerprint density at radius 3 is 1.34 bits per heavy atom. The van der Waals surface area contributed by atoms with Gasteiger partial charge in [0.1, 0.15) is 34.2 Å². The minimum Gasteiger partial charge on any atom is -0.493 e. The van der Waals surface area contributed by atoms with Crippen LogP contribution in [0, 0.1) is 43.6 Å². The number of oxazole rings is 2. The average Bonchev–Trinajstić information content (AvgIpc) is 2.08. The Balaban J connectivity index is 1.44. The van der Waals surface area contributed by atoms with Crippen LogP contribution in [0.5, 0.6) is 11.5 Å². The zero-order chi connectivity index (χ0) is 56.4. The van der Waals surface area contributed by atoms with Gasteiger partial charge in [0.2, 0.25) is 11.8 Å². The molecule has 0 amide bonds. The zero-order valence-corrected chi connectivity index (χ0v) is 46.7. The van der Waals surface area contributed by atoms with E-state index in [1.54, 1.807) is 0 Å². The van der Waals surface area contributed by atoms with Crippen molar-refractivity contribution in [2.45, 2.75) is 41.5 Å². The maximum absolute atomic E-state index is 12.3. The summed E-state index contributed by atoms with van der Waals surface area (Å²) in [7, 11) is 0. The lowest BCUT2D eigenvalue weighted by Crippen LogP contribution is -2.54. The van der Waals surface area contributed by atoms with Crippen LogP contribution in [-0.2, 0) is 0 Å². The Morgan fingerprint density at radius 2 is 0.927 bits per heavy atom. The van der Waals surface area contributed by atoms with E-state index in [1.165, 1.54) is 0 Å². The predicted octanol–water partition coefficient (Wildman–Crippen LogP) is 11.9. The number of nitrogens with zero attached hydrogens (tertiary/aromatic N) is 6. The fourth-order valence-electron chi connectivity index (χ4n) is 11.2. The highest BCUT2D eigenvalue weighted by Crippen LogP contribution is 2.39. The number of benzene rings is 8. The molecule has 0 aliphatic rings. The number of hydrogen-bond donors (Lipinski definition) is 0. The molecule has 0 fully saturated rings. The van der Waals surface area contributed by atoms with Crippen molar-refractivity contribution >= 4 is 79.8 Å². The Bertz CT molecular complexity index is 4160. The van der Waals surface area contributed by atoms with Crippen LogP contribution in [0.25, 0.3) is 71.6 Å². The lowest BCUT2D eigenvalue weighted by Gasteiger charge is -2.24. The third-order valence-corrected chi connectivity index (χ3v) is 14.7. The van der Waals surface area contributed by atoms with Crippen molar-refractivity contribution in [3.05, 3.63) is 251 Å². The van der Waals surface area contributed by atoms with E-state index in [4.69, 9.17) is 28.3 Å². The first-order valence-electron chi connectivity index (χ1n) is 27.8. The Hall–Kier alpha value is -10.0. The van der Waals surface area contributed by atoms with Gasteiger partial charge in [0.25, 0.3) is 5.70 Å². The van der Waals surface area contributed by atoms with Crippen molar-refractivity contribution < 1.29 is 18.3 Å². The molecule has 0 radical (unpaired) electrons. The Kier molecular flexibility index (Phi) is 14.5. The van der Waals surface area contributed by atoms with E-state index in [1.807, 2.05) is 147 Å². The molecule has 0 spiro atoms. The van der Waals surface area contributed by atoms with Gasteiger partial charge in [-0.3, -0.25) is 0 Å². The van der Waals surface area contributed by atoms with Gasteiger partial charge in [-0.05, 0) is 85.3 Å². The molecule has 4 heterocycles. The van der Waals surface area contributed by atoms with Crippen LogP contribution < -0.4 is 42.0 Å². The standard InChI is InChI=1S/C70H58B2N6O4/c1-45(2)43-79-55-32-20-22-49(40-55)65-62-63(68(64(74-7)70-76-59-37-35-48(6)39-61(59)82-70)78(65)72(53-28-16-10-17-29-53)54-30-18-11-19-31-54)66(50-23-21-33-56(41-50)80-44-46(3)4)77(71(51-24-12-8-13-25-51)52-26-14-9-15-27-52)67(62)57(42-73)69-75-58-36-34-47(5)38-60(58)81-69/h8-41,45-46H,43-44H2,1-6H3/b67-57-,68-64+. The molecule has 0 aliphatic carbocycles. The van der Waals surface area contributed by atoms with Crippen molar-refractivity contribution in [3.63, 3.8) is 0 Å². The van der Waals surface area contributed by atoms with Crippen LogP contribution in [0.1, 0.15) is 50.6 Å². The first kappa shape index (κ1) is 52.7. The molecule has 0 N–H and O–H groups in total. The van der Waals surface area contributed by atoms with Crippen molar-refractivity contribution in [1.82, 2.24) is 18.9 Å². The molecule has 0 bridgehead atoms. The second-order valence-electron chi connectivity index (χ2n) is 21.7. The normalized spacial score (nSPS) is 12.2. The monoisotopic (exact) mass is 1070 g/mol. The van der Waals surface area contributed by atoms with Gasteiger partial charge in [-0.25, -0.2) is 14.8 Å². The molecular formula is C70H58B2N6O4. The molecule has 12 heteroatoms. The molecule has 0 aliphatic heterocycles. The van der Waals surface area contributed by atoms with Gasteiger partial charge in [0.05, 0.1) is 30.5 Å². The molecule has 4 aromatic heterocycles. The van der Waals surface area contributed by atoms with Crippen LogP contribution in [0.2, 0.25) is 0 Å². The summed E-state index contributed by atoms with van der Waals surface area (Å²) in [6.07, 6.45) is 0. The molecule has 82 heavy (non-hydrogen) atoms. The van der Waals surface area contributed by atoms with E-state index in [0.29, 0.717) is 79.8 Å². The Labute approximate surface area is 477 Å². The fourth-order valence-corrected chi connectivity index (χ4v) is 11.2. The van der Waals surface area contributed by atoms with E-state index in [9.17, 15) is 11.8 Å². The van der Waals surface area contributed by atoms with Crippen LogP contribution >= 0.6 is 0 Å². The van der Waals surface area contributed by atoms with Gasteiger partial charge in [0, 0.05) is 33.3 Å². The van der Waals surface area contributed by atoms with E-state index >= 15 is 0 Å². The summed E-state index contributed by atoms with van der Waals surface area (Å²) in [6.45, 7) is 21.9. The van der Waals surface area contributed by atoms with Crippen molar-refractivity contribution in [2.24, 2.45) is 11.8 Å². The molecule has 8 aromatic carbocycles. The minimum atomic E-state index is -0.604. The lowest BCUT2D eigenvalue weighted by atomic mass is 9.50. The minimum absolute atomic E-state index is 0.143. The number of fused-ring (bicyclic) bond motifs is 3. The van der Waals surface area contributed by atoms with E-state index in [2.05, 4.69) is 120 Å². The number of hydrogen-bond acceptors (Lipinski definition) is 7. The summed E-state index contributed by atoms with van der Waals surface area (Å²) in [5.41, 5.74) is 11.4.